The van der Waals surface area contributed by atoms with Gasteiger partial charge in [0.15, 0.2) is 0 Å². The summed E-state index contributed by atoms with van der Waals surface area (Å²) in [5.74, 6) is -1.77. The Morgan fingerprint density at radius 1 is 1.26 bits per heavy atom. The molecule has 0 spiro atoms. The van der Waals surface area contributed by atoms with Crippen LogP contribution in [0.4, 0.5) is 13.2 Å². The Kier molecular flexibility index (Phi) is 6.60. The Morgan fingerprint density at radius 2 is 1.91 bits per heavy atom. The quantitative estimate of drug-likeness (QED) is 0.806. The molecule has 1 rings (SSSR count). The van der Waals surface area contributed by atoms with Crippen LogP contribution < -0.4 is 5.32 Å². The molecular formula is C16H20F3NO3. The number of nitrogens with one attached hydrogen (secondary N) is 1. The Balaban J connectivity index is 2.51. The Morgan fingerprint density at radius 3 is 2.43 bits per heavy atom. The lowest BCUT2D eigenvalue weighted by Gasteiger charge is -2.17. The highest BCUT2D eigenvalue weighted by Crippen LogP contribution is 2.29. The summed E-state index contributed by atoms with van der Waals surface area (Å²) in [5.41, 5.74) is -0.225. The van der Waals surface area contributed by atoms with Crippen LogP contribution in [0.3, 0.4) is 0 Å². The van der Waals surface area contributed by atoms with Gasteiger partial charge in [-0.15, -0.1) is 0 Å². The summed E-state index contributed by atoms with van der Waals surface area (Å²) < 4.78 is 37.8. The van der Waals surface area contributed by atoms with Gasteiger partial charge in [0.25, 0.3) is 0 Å². The number of benzene rings is 1. The maximum atomic E-state index is 12.6. The maximum Gasteiger partial charge on any atom is 0.416 e. The third-order valence-electron chi connectivity index (χ3n) is 3.37. The van der Waals surface area contributed by atoms with Crippen molar-refractivity contribution in [3.05, 3.63) is 35.4 Å². The van der Waals surface area contributed by atoms with Crippen molar-refractivity contribution in [3.63, 3.8) is 0 Å². The van der Waals surface area contributed by atoms with Gasteiger partial charge in [0.2, 0.25) is 5.91 Å². The SMILES string of the molecule is CC(C)[C@H](NC(=O)CCCc1cccc(C(F)(F)F)c1)C(=O)O. The molecule has 0 aliphatic carbocycles. The number of carboxylic acids is 1. The summed E-state index contributed by atoms with van der Waals surface area (Å²) in [6.07, 6.45) is -3.67. The molecule has 0 aliphatic heterocycles. The fraction of sp³-hybridized carbons (Fsp3) is 0.500. The summed E-state index contributed by atoms with van der Waals surface area (Å²) >= 11 is 0. The summed E-state index contributed by atoms with van der Waals surface area (Å²) in [7, 11) is 0. The van der Waals surface area contributed by atoms with E-state index in [1.54, 1.807) is 19.9 Å². The van der Waals surface area contributed by atoms with E-state index in [0.717, 1.165) is 12.1 Å². The fourth-order valence-electron chi connectivity index (χ4n) is 2.12. The number of hydrogen-bond donors (Lipinski definition) is 2. The lowest BCUT2D eigenvalue weighted by atomic mass is 10.0. The van der Waals surface area contributed by atoms with E-state index >= 15 is 0 Å². The van der Waals surface area contributed by atoms with Gasteiger partial charge in [-0.1, -0.05) is 32.0 Å². The lowest BCUT2D eigenvalue weighted by Crippen LogP contribution is -2.44. The molecule has 0 radical (unpaired) electrons. The van der Waals surface area contributed by atoms with Crippen molar-refractivity contribution in [2.45, 2.75) is 45.3 Å². The average molecular weight is 331 g/mol. The van der Waals surface area contributed by atoms with Crippen molar-refractivity contribution >= 4 is 11.9 Å². The molecule has 0 heterocycles. The molecule has 128 valence electrons. The molecule has 1 amide bonds. The highest BCUT2D eigenvalue weighted by molar-refractivity contribution is 5.83. The normalized spacial score (nSPS) is 13.0. The number of carbonyl (C=O) groups excluding carboxylic acids is 1. The number of aryl methyl sites for hydroxylation is 1. The minimum Gasteiger partial charge on any atom is -0.480 e. The first-order valence-corrected chi connectivity index (χ1v) is 7.29. The Bertz CT molecular complexity index is 556. The number of rotatable bonds is 7. The predicted octanol–water partition coefficient (Wildman–Crippen LogP) is 3.25. The Hall–Kier alpha value is -2.05. The van der Waals surface area contributed by atoms with Gasteiger partial charge >= 0.3 is 12.1 Å². The van der Waals surface area contributed by atoms with Gasteiger partial charge in [0, 0.05) is 6.42 Å². The standard InChI is InChI=1S/C16H20F3NO3/c1-10(2)14(15(22)23)20-13(21)8-4-6-11-5-3-7-12(9-11)16(17,18)19/h3,5,7,9-10,14H,4,6,8H2,1-2H3,(H,20,21)(H,22,23)/t14-/m0/s1. The van der Waals surface area contributed by atoms with Crippen LogP contribution in [0.1, 0.15) is 37.8 Å². The van der Waals surface area contributed by atoms with Crippen LogP contribution in [0.2, 0.25) is 0 Å². The van der Waals surface area contributed by atoms with Crippen LogP contribution >= 0.6 is 0 Å². The highest BCUT2D eigenvalue weighted by atomic mass is 19.4. The summed E-state index contributed by atoms with van der Waals surface area (Å²) in [4.78, 5) is 22.7. The molecule has 1 aromatic rings. The van der Waals surface area contributed by atoms with Crippen molar-refractivity contribution in [2.24, 2.45) is 5.92 Å². The van der Waals surface area contributed by atoms with Crippen LogP contribution in [0.25, 0.3) is 0 Å². The van der Waals surface area contributed by atoms with Gasteiger partial charge in [-0.3, -0.25) is 4.79 Å². The molecule has 0 saturated carbocycles. The molecule has 0 unspecified atom stereocenters. The number of alkyl halides is 3. The smallest absolute Gasteiger partial charge is 0.416 e. The van der Waals surface area contributed by atoms with Crippen LogP contribution in [0.5, 0.6) is 0 Å². The average Bonchev–Trinajstić information content (AvgIpc) is 2.43. The first kappa shape index (κ1) is 19.0. The number of carboxylic acid groups (broad SMARTS) is 1. The number of aliphatic carboxylic acids is 1. The van der Waals surface area contributed by atoms with Gasteiger partial charge in [0.1, 0.15) is 6.04 Å². The topological polar surface area (TPSA) is 66.4 Å². The molecule has 23 heavy (non-hydrogen) atoms. The zero-order valence-corrected chi connectivity index (χ0v) is 13.0. The van der Waals surface area contributed by atoms with E-state index in [1.807, 2.05) is 0 Å². The number of amides is 1. The molecule has 2 N–H and O–H groups in total. The second kappa shape index (κ2) is 7.99. The zero-order valence-electron chi connectivity index (χ0n) is 13.0. The van der Waals surface area contributed by atoms with Crippen molar-refractivity contribution in [3.8, 4) is 0 Å². The van der Waals surface area contributed by atoms with Crippen LogP contribution in [0, 0.1) is 5.92 Å². The molecule has 0 fully saturated rings. The predicted molar refractivity (Wildman–Crippen MR) is 78.8 cm³/mol. The molecule has 1 atom stereocenters. The zero-order chi connectivity index (χ0) is 17.6. The van der Waals surface area contributed by atoms with Gasteiger partial charge < -0.3 is 10.4 Å². The largest absolute Gasteiger partial charge is 0.480 e. The first-order valence-electron chi connectivity index (χ1n) is 7.29. The lowest BCUT2D eigenvalue weighted by molar-refractivity contribution is -0.143. The molecule has 4 nitrogen and oxygen atoms in total. The van der Waals surface area contributed by atoms with Gasteiger partial charge in [-0.25, -0.2) is 4.79 Å². The van der Waals surface area contributed by atoms with E-state index in [2.05, 4.69) is 5.32 Å². The van der Waals surface area contributed by atoms with E-state index in [0.29, 0.717) is 18.4 Å². The second-order valence-electron chi connectivity index (χ2n) is 5.68. The molecular weight excluding hydrogens is 311 g/mol. The Labute approximate surface area is 132 Å². The van der Waals surface area contributed by atoms with Gasteiger partial charge in [0.05, 0.1) is 5.56 Å². The van der Waals surface area contributed by atoms with E-state index in [-0.39, 0.29) is 12.3 Å². The fourth-order valence-corrected chi connectivity index (χ4v) is 2.12. The molecule has 0 aromatic heterocycles. The van der Waals surface area contributed by atoms with Crippen molar-refractivity contribution < 1.29 is 27.9 Å². The van der Waals surface area contributed by atoms with E-state index in [4.69, 9.17) is 5.11 Å². The van der Waals surface area contributed by atoms with Crippen molar-refractivity contribution in [2.75, 3.05) is 0 Å². The van der Waals surface area contributed by atoms with Crippen LogP contribution in [-0.2, 0) is 22.2 Å². The minimum absolute atomic E-state index is 0.0622. The summed E-state index contributed by atoms with van der Waals surface area (Å²) in [6, 6.07) is 4.00. The molecule has 7 heteroatoms. The molecule has 1 aromatic carbocycles. The second-order valence-corrected chi connectivity index (χ2v) is 5.68. The third kappa shape index (κ3) is 6.30. The monoisotopic (exact) mass is 331 g/mol. The van der Waals surface area contributed by atoms with Crippen LogP contribution in [-0.4, -0.2) is 23.0 Å². The van der Waals surface area contributed by atoms with Gasteiger partial charge in [-0.2, -0.15) is 13.2 Å². The number of carbonyl (C=O) groups is 2. The van der Waals surface area contributed by atoms with Crippen molar-refractivity contribution in [1.82, 2.24) is 5.32 Å². The highest BCUT2D eigenvalue weighted by Gasteiger charge is 2.30. The van der Waals surface area contributed by atoms with Gasteiger partial charge in [-0.05, 0) is 30.4 Å². The number of halogens is 3. The summed E-state index contributed by atoms with van der Waals surface area (Å²) in [5, 5.41) is 11.4. The first-order chi connectivity index (χ1) is 10.6. The number of hydrogen-bond acceptors (Lipinski definition) is 2. The van der Waals surface area contributed by atoms with E-state index in [9.17, 15) is 22.8 Å². The van der Waals surface area contributed by atoms with E-state index in [1.165, 1.54) is 6.07 Å². The molecule has 0 bridgehead atoms. The summed E-state index contributed by atoms with van der Waals surface area (Å²) in [6.45, 7) is 3.36. The minimum atomic E-state index is -4.39. The molecule has 0 aliphatic rings. The van der Waals surface area contributed by atoms with E-state index < -0.39 is 29.7 Å². The van der Waals surface area contributed by atoms with Crippen LogP contribution in [0.15, 0.2) is 24.3 Å². The molecule has 0 saturated heterocycles. The van der Waals surface area contributed by atoms with Crippen molar-refractivity contribution in [1.29, 1.82) is 0 Å². The third-order valence-corrected chi connectivity index (χ3v) is 3.37. The maximum absolute atomic E-state index is 12.6.